The second-order valence-electron chi connectivity index (χ2n) is 8.78. The number of nitrogens with one attached hydrogen (secondary N) is 1. The van der Waals surface area contributed by atoms with Gasteiger partial charge in [-0.1, -0.05) is 0 Å². The molecule has 0 unspecified atom stereocenters. The molecule has 2 aromatic carbocycles. The zero-order valence-corrected chi connectivity index (χ0v) is 18.7. The molecule has 0 saturated carbocycles. The Kier molecular flexibility index (Phi) is 5.53. The highest BCUT2D eigenvalue weighted by Gasteiger charge is 2.53. The first-order valence-electron chi connectivity index (χ1n) is 10.9. The fourth-order valence-electron chi connectivity index (χ4n) is 4.57. The largest absolute Gasteiger partial charge is 0.454 e. The van der Waals surface area contributed by atoms with Crippen LogP contribution in [0.3, 0.4) is 0 Å². The van der Waals surface area contributed by atoms with E-state index < -0.39 is 52.4 Å². The third-order valence-corrected chi connectivity index (χ3v) is 6.51. The Morgan fingerprint density at radius 3 is 2.05 bits per heavy atom. The first kappa shape index (κ1) is 24.7. The number of carbonyl (C=O) groups is 3. The quantitative estimate of drug-likeness (QED) is 0.466. The van der Waals surface area contributed by atoms with E-state index in [0.717, 1.165) is 9.80 Å². The Hall–Kier alpha value is -3.97. The zero-order chi connectivity index (χ0) is 26.8. The van der Waals surface area contributed by atoms with Gasteiger partial charge < -0.3 is 19.7 Å². The molecule has 4 amide bonds. The molecule has 0 bridgehead atoms. The van der Waals surface area contributed by atoms with Crippen molar-refractivity contribution >= 4 is 23.5 Å². The van der Waals surface area contributed by atoms with Gasteiger partial charge in [0.1, 0.15) is 5.54 Å². The van der Waals surface area contributed by atoms with Gasteiger partial charge in [0.2, 0.25) is 6.79 Å². The molecular formula is C23H17F6N3O5. The van der Waals surface area contributed by atoms with Crippen LogP contribution in [-0.2, 0) is 17.1 Å². The summed E-state index contributed by atoms with van der Waals surface area (Å²) in [7, 11) is 0. The molecule has 8 nitrogen and oxygen atoms in total. The predicted molar refractivity (Wildman–Crippen MR) is 113 cm³/mol. The number of fused-ring (bicyclic) bond motifs is 1. The fourth-order valence-corrected chi connectivity index (χ4v) is 4.57. The molecule has 0 aromatic heterocycles. The Morgan fingerprint density at radius 2 is 1.46 bits per heavy atom. The van der Waals surface area contributed by atoms with Crippen LogP contribution in [0.5, 0.6) is 11.5 Å². The Balaban J connectivity index is 1.34. The highest BCUT2D eigenvalue weighted by Crippen LogP contribution is 2.40. The van der Waals surface area contributed by atoms with Crippen molar-refractivity contribution < 1.29 is 50.2 Å². The number of halogens is 6. The van der Waals surface area contributed by atoms with E-state index in [1.165, 1.54) is 18.2 Å². The number of rotatable bonds is 2. The van der Waals surface area contributed by atoms with E-state index in [9.17, 15) is 40.7 Å². The third-order valence-electron chi connectivity index (χ3n) is 6.51. The van der Waals surface area contributed by atoms with Crippen LogP contribution >= 0.6 is 0 Å². The van der Waals surface area contributed by atoms with Crippen LogP contribution in [0.4, 0.5) is 36.8 Å². The molecule has 2 fully saturated rings. The average molecular weight is 529 g/mol. The zero-order valence-electron chi connectivity index (χ0n) is 18.7. The molecule has 196 valence electrons. The van der Waals surface area contributed by atoms with Gasteiger partial charge in [0, 0.05) is 24.7 Å². The molecule has 1 spiro atoms. The smallest absolute Gasteiger partial charge is 0.416 e. The molecule has 0 radical (unpaired) electrons. The van der Waals surface area contributed by atoms with Crippen molar-refractivity contribution in [3.8, 4) is 11.5 Å². The summed E-state index contributed by atoms with van der Waals surface area (Å²) in [5.74, 6) is -0.850. The minimum absolute atomic E-state index is 0.0108. The van der Waals surface area contributed by atoms with Crippen LogP contribution in [0.2, 0.25) is 0 Å². The van der Waals surface area contributed by atoms with Crippen molar-refractivity contribution in [1.82, 2.24) is 10.2 Å². The number of hydrogen-bond acceptors (Lipinski definition) is 5. The maximum atomic E-state index is 13.3. The van der Waals surface area contributed by atoms with E-state index in [2.05, 4.69) is 5.32 Å². The van der Waals surface area contributed by atoms with Gasteiger partial charge in [-0.05, 0) is 43.2 Å². The van der Waals surface area contributed by atoms with Crippen molar-refractivity contribution in [3.63, 3.8) is 0 Å². The number of alkyl halides is 6. The molecule has 3 heterocycles. The van der Waals surface area contributed by atoms with E-state index in [4.69, 9.17) is 9.47 Å². The second kappa shape index (κ2) is 8.28. The van der Waals surface area contributed by atoms with Crippen LogP contribution < -0.4 is 19.7 Å². The van der Waals surface area contributed by atoms with Gasteiger partial charge in [-0.3, -0.25) is 9.59 Å². The van der Waals surface area contributed by atoms with Crippen LogP contribution in [0.25, 0.3) is 0 Å². The van der Waals surface area contributed by atoms with Crippen molar-refractivity contribution in [2.75, 3.05) is 24.8 Å². The topological polar surface area (TPSA) is 88.2 Å². The molecule has 0 atom stereocenters. The van der Waals surface area contributed by atoms with Gasteiger partial charge in [-0.25, -0.2) is 9.69 Å². The number of benzene rings is 2. The number of urea groups is 1. The normalized spacial score (nSPS) is 19.0. The van der Waals surface area contributed by atoms with Gasteiger partial charge in [0.05, 0.1) is 16.8 Å². The van der Waals surface area contributed by atoms with Crippen molar-refractivity contribution in [1.29, 1.82) is 0 Å². The molecule has 5 rings (SSSR count). The number of hydrogen-bond donors (Lipinski definition) is 1. The Bertz CT molecular complexity index is 1270. The molecule has 0 aliphatic carbocycles. The van der Waals surface area contributed by atoms with Crippen molar-refractivity contribution in [2.45, 2.75) is 30.7 Å². The number of amides is 4. The van der Waals surface area contributed by atoms with E-state index in [-0.39, 0.29) is 44.5 Å². The van der Waals surface area contributed by atoms with Gasteiger partial charge >= 0.3 is 18.4 Å². The van der Waals surface area contributed by atoms with Crippen LogP contribution in [-0.4, -0.2) is 48.2 Å². The van der Waals surface area contributed by atoms with Gasteiger partial charge in [0.15, 0.2) is 11.5 Å². The predicted octanol–water partition coefficient (Wildman–Crippen LogP) is 4.18. The highest BCUT2D eigenvalue weighted by molar-refractivity contribution is 6.23. The molecule has 3 aliphatic heterocycles. The summed E-state index contributed by atoms with van der Waals surface area (Å²) in [6, 6.07) is 4.46. The third kappa shape index (κ3) is 4.29. The molecule has 1 N–H and O–H groups in total. The second-order valence-corrected chi connectivity index (χ2v) is 8.78. The maximum absolute atomic E-state index is 13.3. The molecule has 37 heavy (non-hydrogen) atoms. The summed E-state index contributed by atoms with van der Waals surface area (Å²) < 4.78 is 89.6. The first-order chi connectivity index (χ1) is 17.3. The lowest BCUT2D eigenvalue weighted by Gasteiger charge is -2.37. The number of imide groups is 1. The maximum Gasteiger partial charge on any atom is 0.416 e. The summed E-state index contributed by atoms with van der Waals surface area (Å²) in [6.45, 7) is -0.377. The number of likely N-dealkylation sites (tertiary alicyclic amines) is 1. The Labute approximate surface area is 204 Å². The molecular weight excluding hydrogens is 512 g/mol. The van der Waals surface area contributed by atoms with Gasteiger partial charge in [-0.15, -0.1) is 0 Å². The summed E-state index contributed by atoms with van der Waals surface area (Å²) in [4.78, 5) is 40.8. The number of carbonyl (C=O) groups excluding carboxylic acids is 3. The van der Waals surface area contributed by atoms with Crippen LogP contribution in [0, 0.1) is 0 Å². The minimum Gasteiger partial charge on any atom is -0.454 e. The number of nitrogens with zero attached hydrogens (tertiary/aromatic N) is 2. The summed E-state index contributed by atoms with van der Waals surface area (Å²) in [5.41, 5.74) is -5.13. The number of anilines is 1. The van der Waals surface area contributed by atoms with E-state index in [1.54, 1.807) is 0 Å². The lowest BCUT2D eigenvalue weighted by molar-refractivity contribution is -0.143. The lowest BCUT2D eigenvalue weighted by atomic mass is 9.87. The molecule has 3 aliphatic rings. The minimum atomic E-state index is -5.10. The SMILES string of the molecule is O=C(c1cc(C(F)(F)F)cc(C(F)(F)F)c1)N1CCC2(CC1)NC(=O)N(c1ccc3c(c1)OCO3)C2=O. The first-order valence-corrected chi connectivity index (χ1v) is 10.9. The van der Waals surface area contributed by atoms with Crippen LogP contribution in [0.15, 0.2) is 36.4 Å². The monoisotopic (exact) mass is 529 g/mol. The number of piperidine rings is 1. The van der Waals surface area contributed by atoms with E-state index in [0.29, 0.717) is 23.6 Å². The van der Waals surface area contributed by atoms with E-state index in [1.807, 2.05) is 0 Å². The van der Waals surface area contributed by atoms with Crippen molar-refractivity contribution in [3.05, 3.63) is 53.1 Å². The Morgan fingerprint density at radius 1 is 0.865 bits per heavy atom. The van der Waals surface area contributed by atoms with E-state index >= 15 is 0 Å². The van der Waals surface area contributed by atoms with Gasteiger partial charge in [-0.2, -0.15) is 26.3 Å². The lowest BCUT2D eigenvalue weighted by Crippen LogP contribution is -2.56. The highest BCUT2D eigenvalue weighted by atomic mass is 19.4. The summed E-state index contributed by atoms with van der Waals surface area (Å²) in [6.07, 6.45) is -10.4. The van der Waals surface area contributed by atoms with Crippen LogP contribution in [0.1, 0.15) is 34.3 Å². The standard InChI is InChI=1S/C23H17F6N3O5/c24-22(25,26)13-7-12(8-14(9-13)23(27,28)29)18(33)31-5-3-21(4-6-31)19(34)32(20(35)30-21)15-1-2-16-17(10-15)37-11-36-16/h1-2,7-10H,3-6,11H2,(H,30,35). The van der Waals surface area contributed by atoms with Crippen molar-refractivity contribution in [2.24, 2.45) is 0 Å². The molecule has 14 heteroatoms. The number of ether oxygens (including phenoxy) is 2. The molecule has 2 saturated heterocycles. The summed E-state index contributed by atoms with van der Waals surface area (Å²) >= 11 is 0. The fraction of sp³-hybridized carbons (Fsp3) is 0.348. The van der Waals surface area contributed by atoms with Gasteiger partial charge in [0.25, 0.3) is 11.8 Å². The molecule has 2 aromatic rings. The average Bonchev–Trinajstić information content (AvgIpc) is 3.39. The summed E-state index contributed by atoms with van der Waals surface area (Å²) in [5, 5.41) is 2.62.